The van der Waals surface area contributed by atoms with Crippen LogP contribution in [0.25, 0.3) is 16.8 Å². The van der Waals surface area contributed by atoms with Crippen molar-refractivity contribution in [1.82, 2.24) is 4.48 Å². The minimum absolute atomic E-state index is 0.579. The van der Waals surface area contributed by atoms with Gasteiger partial charge in [-0.2, -0.15) is 0 Å². The molecule has 5 heteroatoms. The number of fused-ring (bicyclic) bond motifs is 4. The maximum Gasteiger partial charge on any atom is 0.759 e. The van der Waals surface area contributed by atoms with Crippen LogP contribution >= 0.6 is 0 Å². The van der Waals surface area contributed by atoms with E-state index < -0.39 is 6.90 Å². The lowest BCUT2D eigenvalue weighted by Gasteiger charge is -2.41. The number of rotatable bonds is 1. The molecule has 0 saturated heterocycles. The molecule has 3 aromatic rings. The number of benzene rings is 2. The second-order valence-corrected chi connectivity index (χ2v) is 6.74. The molecule has 4 heterocycles. The number of hydrogen-bond acceptors (Lipinski definition) is 1. The third-order valence-corrected chi connectivity index (χ3v) is 5.37. The van der Waals surface area contributed by atoms with Gasteiger partial charge in [-0.25, -0.2) is 0 Å². The molecule has 0 amide bonds. The molecule has 0 unspecified atom stereocenters. The molecule has 0 bridgehead atoms. The summed E-state index contributed by atoms with van der Waals surface area (Å²) in [6, 6.07) is 21.7. The van der Waals surface area contributed by atoms with Crippen LogP contribution in [0.5, 0.6) is 5.75 Å². The fourth-order valence-corrected chi connectivity index (χ4v) is 4.31. The molecule has 3 nitrogen and oxygen atoms in total. The minimum atomic E-state index is -2.92. The van der Waals surface area contributed by atoms with E-state index in [1.807, 2.05) is 66.7 Å². The van der Waals surface area contributed by atoms with Gasteiger partial charge in [-0.15, -0.1) is 0 Å². The van der Waals surface area contributed by atoms with Crippen molar-refractivity contribution in [3.63, 3.8) is 0 Å². The number of hydrogen-bond donors (Lipinski definition) is 0. The van der Waals surface area contributed by atoms with Gasteiger partial charge in [-0.1, -0.05) is 42.5 Å². The summed E-state index contributed by atoms with van der Waals surface area (Å²) in [5, 5.41) is 0. The van der Waals surface area contributed by atoms with Crippen LogP contribution in [0.3, 0.4) is 0 Å². The van der Waals surface area contributed by atoms with Gasteiger partial charge in [0.25, 0.3) is 0 Å². The van der Waals surface area contributed by atoms with Gasteiger partial charge in [0, 0.05) is 29.1 Å². The minimum Gasteiger partial charge on any atom is -0.609 e. The predicted octanol–water partition coefficient (Wildman–Crippen LogP) is 4.23. The number of aromatic nitrogens is 1. The van der Waals surface area contributed by atoms with E-state index in [2.05, 4.69) is 12.1 Å². The number of para-hydroxylation sites is 1. The highest BCUT2D eigenvalue weighted by molar-refractivity contribution is 6.60. The van der Waals surface area contributed by atoms with Gasteiger partial charge in [0.05, 0.1) is 11.3 Å². The van der Waals surface area contributed by atoms with Crippen molar-refractivity contribution in [2.24, 2.45) is 0 Å². The molecule has 0 spiro atoms. The Hall–Kier alpha value is -3.34. The van der Waals surface area contributed by atoms with E-state index in [0.717, 1.165) is 33.8 Å². The lowest BCUT2D eigenvalue weighted by Crippen LogP contribution is -2.59. The average molecular weight is 340 g/mol. The van der Waals surface area contributed by atoms with Gasteiger partial charge in [-0.05, 0) is 29.8 Å². The molecule has 0 radical (unpaired) electrons. The monoisotopic (exact) mass is 340 g/mol. The molecular formula is C21H14BFN2O. The molecule has 26 heavy (non-hydrogen) atoms. The molecule has 0 aliphatic carbocycles. The number of nitrogens with zero attached hydrogens (tertiary/aromatic N) is 2. The Balaban J connectivity index is 1.73. The summed E-state index contributed by atoms with van der Waals surface area (Å²) in [5.41, 5.74) is 5.50. The standard InChI is InChI=1S/C21H14BFN2O/c23-22-24-14-6-10-18(24)21(15-7-2-1-3-8-15)19-13-12-17(25(19)22)16-9-4-5-11-20(16)26-22/h1-14H/t22-/m0/s1. The predicted molar refractivity (Wildman–Crippen MR) is 101 cm³/mol. The van der Waals surface area contributed by atoms with Crippen molar-refractivity contribution >= 4 is 18.7 Å². The van der Waals surface area contributed by atoms with Crippen LogP contribution in [0.2, 0.25) is 0 Å². The molecule has 1 atom stereocenters. The van der Waals surface area contributed by atoms with Crippen molar-refractivity contribution in [1.29, 1.82) is 0 Å². The zero-order chi connectivity index (χ0) is 17.3. The molecule has 3 aliphatic heterocycles. The van der Waals surface area contributed by atoms with Gasteiger partial charge in [-0.3, -0.25) is 0 Å². The molecule has 0 N–H and O–H groups in total. The molecular weight excluding hydrogens is 326 g/mol. The van der Waals surface area contributed by atoms with E-state index in [-0.39, 0.29) is 0 Å². The van der Waals surface area contributed by atoms with Crippen LogP contribution in [0.15, 0.2) is 84.6 Å². The number of allylic oxidation sites excluding steroid dienone is 2. The maximum atomic E-state index is 16.4. The van der Waals surface area contributed by atoms with Crippen molar-refractivity contribution in [3.05, 3.63) is 95.8 Å². The SMILES string of the molecule is F[B@@-]12Oc3ccccc3-c3ccc(n31)C(c1ccccc1)=C1C=CC=[N+]12. The zero-order valence-electron chi connectivity index (χ0n) is 13.8. The summed E-state index contributed by atoms with van der Waals surface area (Å²) in [4.78, 5) is 0. The average Bonchev–Trinajstić information content (AvgIpc) is 3.32. The van der Waals surface area contributed by atoms with Crippen molar-refractivity contribution in [2.45, 2.75) is 0 Å². The molecule has 0 saturated carbocycles. The van der Waals surface area contributed by atoms with Gasteiger partial charge in [0.1, 0.15) is 6.21 Å². The van der Waals surface area contributed by atoms with Crippen molar-refractivity contribution in [3.8, 4) is 17.0 Å². The van der Waals surface area contributed by atoms with E-state index in [9.17, 15) is 0 Å². The molecule has 6 rings (SSSR count). The summed E-state index contributed by atoms with van der Waals surface area (Å²) >= 11 is 0. The Morgan fingerprint density at radius 2 is 1.65 bits per heavy atom. The van der Waals surface area contributed by atoms with Crippen LogP contribution in [0.1, 0.15) is 11.3 Å². The van der Waals surface area contributed by atoms with E-state index in [0.29, 0.717) is 5.75 Å². The zero-order valence-corrected chi connectivity index (χ0v) is 13.8. The largest absolute Gasteiger partial charge is 0.759 e. The Morgan fingerprint density at radius 1 is 0.885 bits per heavy atom. The van der Waals surface area contributed by atoms with Crippen molar-refractivity contribution in [2.75, 3.05) is 0 Å². The van der Waals surface area contributed by atoms with E-state index >= 15 is 4.32 Å². The van der Waals surface area contributed by atoms with Crippen LogP contribution in [0.4, 0.5) is 4.32 Å². The molecule has 124 valence electrons. The van der Waals surface area contributed by atoms with Crippen LogP contribution in [-0.4, -0.2) is 22.1 Å². The molecule has 3 aliphatic rings. The van der Waals surface area contributed by atoms with Gasteiger partial charge >= 0.3 is 6.90 Å². The first-order valence-electron chi connectivity index (χ1n) is 8.71. The lowest BCUT2D eigenvalue weighted by molar-refractivity contribution is -0.361. The van der Waals surface area contributed by atoms with Gasteiger partial charge in [0.15, 0.2) is 5.70 Å². The van der Waals surface area contributed by atoms with E-state index in [1.165, 1.54) is 0 Å². The van der Waals surface area contributed by atoms with Crippen LogP contribution in [-0.2, 0) is 0 Å². The second-order valence-electron chi connectivity index (χ2n) is 6.74. The topological polar surface area (TPSA) is 17.2 Å². The third-order valence-electron chi connectivity index (χ3n) is 5.37. The lowest BCUT2D eigenvalue weighted by atomic mass is 9.81. The third kappa shape index (κ3) is 1.56. The first-order chi connectivity index (χ1) is 12.8. The summed E-state index contributed by atoms with van der Waals surface area (Å²) in [7, 11) is 0. The molecule has 2 aromatic carbocycles. The molecule has 1 aromatic heterocycles. The van der Waals surface area contributed by atoms with Crippen LogP contribution in [0, 0.1) is 0 Å². The Morgan fingerprint density at radius 3 is 2.54 bits per heavy atom. The normalized spacial score (nSPS) is 21.7. The van der Waals surface area contributed by atoms with E-state index in [4.69, 9.17) is 4.65 Å². The quantitative estimate of drug-likeness (QED) is 0.606. The summed E-state index contributed by atoms with van der Waals surface area (Å²) in [5.74, 6) is 0.579. The Kier molecular flexibility index (Phi) is 2.48. The van der Waals surface area contributed by atoms with Crippen LogP contribution < -0.4 is 4.65 Å². The Bertz CT molecular complexity index is 1180. The summed E-state index contributed by atoms with van der Waals surface area (Å²) < 4.78 is 25.7. The first kappa shape index (κ1) is 13.9. The van der Waals surface area contributed by atoms with Gasteiger partial charge < -0.3 is 17.9 Å². The highest BCUT2D eigenvalue weighted by atomic mass is 19.1. The Labute approximate surface area is 150 Å². The summed E-state index contributed by atoms with van der Waals surface area (Å²) in [6.07, 6.45) is 5.59. The highest BCUT2D eigenvalue weighted by Gasteiger charge is 2.57. The summed E-state index contributed by atoms with van der Waals surface area (Å²) in [6.45, 7) is -2.92. The maximum absolute atomic E-state index is 16.4. The fourth-order valence-electron chi connectivity index (χ4n) is 4.31. The van der Waals surface area contributed by atoms with Gasteiger partial charge in [0.2, 0.25) is 0 Å². The van der Waals surface area contributed by atoms with E-state index in [1.54, 1.807) is 15.2 Å². The fraction of sp³-hybridized carbons (Fsp3) is 0. The first-order valence-corrected chi connectivity index (χ1v) is 8.71. The highest BCUT2D eigenvalue weighted by Crippen LogP contribution is 2.46. The number of halogens is 1. The van der Waals surface area contributed by atoms with Crippen molar-refractivity contribution < 1.29 is 13.5 Å². The smallest absolute Gasteiger partial charge is 0.609 e. The molecule has 0 fully saturated rings. The second kappa shape index (κ2) is 4.64.